The van der Waals surface area contributed by atoms with Crippen molar-refractivity contribution in [2.24, 2.45) is 0 Å². The highest BCUT2D eigenvalue weighted by Crippen LogP contribution is 2.33. The van der Waals surface area contributed by atoms with Crippen LogP contribution in [-0.4, -0.2) is 49.0 Å². The van der Waals surface area contributed by atoms with Crippen LogP contribution in [0.3, 0.4) is 0 Å². The number of methoxy groups -OCH3 is 1. The molecule has 2 heterocycles. The van der Waals surface area contributed by atoms with Crippen LogP contribution in [0.4, 0.5) is 10.1 Å². The second kappa shape index (κ2) is 12.7. The molecule has 1 aliphatic rings. The van der Waals surface area contributed by atoms with Gasteiger partial charge >= 0.3 is 5.97 Å². The predicted molar refractivity (Wildman–Crippen MR) is 138 cm³/mol. The summed E-state index contributed by atoms with van der Waals surface area (Å²) in [6, 6.07) is 11.1. The van der Waals surface area contributed by atoms with E-state index in [1.54, 1.807) is 20.1 Å². The van der Waals surface area contributed by atoms with Gasteiger partial charge in [0.1, 0.15) is 0 Å². The first kappa shape index (κ1) is 26.6. The lowest BCUT2D eigenvalue weighted by Gasteiger charge is -2.36. The van der Waals surface area contributed by atoms with Crippen molar-refractivity contribution in [2.45, 2.75) is 58.6 Å². The minimum absolute atomic E-state index is 0.100. The number of nitrogens with zero attached hydrogens (tertiary/aromatic N) is 3. The Bertz CT molecular complexity index is 1200. The molecule has 1 unspecified atom stereocenters. The molecule has 2 aromatic carbocycles. The molecule has 0 spiro atoms. The summed E-state index contributed by atoms with van der Waals surface area (Å²) in [6.45, 7) is 6.05. The van der Waals surface area contributed by atoms with Gasteiger partial charge in [-0.05, 0) is 75.9 Å². The van der Waals surface area contributed by atoms with Crippen LogP contribution in [0.5, 0.6) is 5.75 Å². The number of piperidine rings is 1. The minimum Gasteiger partial charge on any atom is -0.491 e. The molecule has 3 aromatic rings. The molecule has 1 aliphatic heterocycles. The van der Waals surface area contributed by atoms with Crippen molar-refractivity contribution in [1.82, 2.24) is 10.1 Å². The first-order valence-electron chi connectivity index (χ1n) is 12.8. The van der Waals surface area contributed by atoms with Gasteiger partial charge in [-0.15, -0.1) is 0 Å². The minimum atomic E-state index is -0.539. The van der Waals surface area contributed by atoms with Gasteiger partial charge in [-0.3, -0.25) is 4.79 Å². The van der Waals surface area contributed by atoms with Gasteiger partial charge in [-0.2, -0.15) is 4.98 Å². The Labute approximate surface area is 216 Å². The van der Waals surface area contributed by atoms with Gasteiger partial charge in [-0.1, -0.05) is 5.16 Å². The highest BCUT2D eigenvalue weighted by Gasteiger charge is 2.22. The third-order valence-corrected chi connectivity index (χ3v) is 6.44. The predicted octanol–water partition coefficient (Wildman–Crippen LogP) is 5.79. The number of esters is 1. The van der Waals surface area contributed by atoms with Crippen molar-refractivity contribution in [2.75, 3.05) is 31.8 Å². The number of hydrogen-bond acceptors (Lipinski definition) is 8. The SMILES string of the molecule is CCOC(=O)CCCOc1ccc(-c2noc(-c3ccc(N4CCCCC4C)c(COC)c3)n2)cc1F. The maximum atomic E-state index is 14.6. The van der Waals surface area contributed by atoms with E-state index in [4.69, 9.17) is 18.7 Å². The molecule has 37 heavy (non-hydrogen) atoms. The molecule has 9 heteroatoms. The van der Waals surface area contributed by atoms with E-state index in [1.165, 1.54) is 31.4 Å². The fourth-order valence-corrected chi connectivity index (χ4v) is 4.57. The van der Waals surface area contributed by atoms with Gasteiger partial charge in [0.2, 0.25) is 5.82 Å². The summed E-state index contributed by atoms with van der Waals surface area (Å²) in [4.78, 5) is 18.3. The van der Waals surface area contributed by atoms with E-state index in [2.05, 4.69) is 28.0 Å². The molecule has 0 radical (unpaired) electrons. The number of carbonyl (C=O) groups is 1. The summed E-state index contributed by atoms with van der Waals surface area (Å²) in [6.07, 6.45) is 4.27. The van der Waals surface area contributed by atoms with Crippen LogP contribution in [0.2, 0.25) is 0 Å². The molecule has 1 aromatic heterocycles. The zero-order valence-electron chi connectivity index (χ0n) is 21.7. The number of ether oxygens (including phenoxy) is 3. The lowest BCUT2D eigenvalue weighted by molar-refractivity contribution is -0.143. The summed E-state index contributed by atoms with van der Waals surface area (Å²) >= 11 is 0. The molecule has 0 amide bonds. The van der Waals surface area contributed by atoms with Crippen LogP contribution < -0.4 is 9.64 Å². The highest BCUT2D eigenvalue weighted by molar-refractivity contribution is 5.69. The molecule has 1 saturated heterocycles. The smallest absolute Gasteiger partial charge is 0.305 e. The summed E-state index contributed by atoms with van der Waals surface area (Å²) in [5, 5.41) is 4.06. The Kier molecular flexibility index (Phi) is 9.11. The van der Waals surface area contributed by atoms with Crippen LogP contribution in [-0.2, 0) is 20.9 Å². The summed E-state index contributed by atoms with van der Waals surface area (Å²) < 4.78 is 36.0. The number of halogens is 1. The maximum absolute atomic E-state index is 14.6. The normalized spacial score (nSPS) is 15.6. The lowest BCUT2D eigenvalue weighted by Crippen LogP contribution is -2.38. The van der Waals surface area contributed by atoms with Crippen molar-refractivity contribution in [3.8, 4) is 28.6 Å². The van der Waals surface area contributed by atoms with Gasteiger partial charge in [0.05, 0.1) is 19.8 Å². The molecule has 0 bridgehead atoms. The van der Waals surface area contributed by atoms with E-state index in [0.29, 0.717) is 37.1 Å². The van der Waals surface area contributed by atoms with E-state index in [0.717, 1.165) is 23.4 Å². The second-order valence-electron chi connectivity index (χ2n) is 9.14. The summed E-state index contributed by atoms with van der Waals surface area (Å²) in [5.74, 6) is -0.0969. The topological polar surface area (TPSA) is 86.9 Å². The van der Waals surface area contributed by atoms with Gasteiger partial charge < -0.3 is 23.6 Å². The van der Waals surface area contributed by atoms with Crippen LogP contribution >= 0.6 is 0 Å². The van der Waals surface area contributed by atoms with Crippen molar-refractivity contribution in [3.63, 3.8) is 0 Å². The molecular weight excluding hydrogens is 477 g/mol. The van der Waals surface area contributed by atoms with Gasteiger partial charge in [0.25, 0.3) is 5.89 Å². The zero-order chi connectivity index (χ0) is 26.2. The number of hydrogen-bond donors (Lipinski definition) is 0. The molecular formula is C28H34FN3O5. The zero-order valence-corrected chi connectivity index (χ0v) is 21.7. The standard InChI is InChI=1S/C28H34FN3O5/c1-4-35-26(33)9-7-15-36-25-13-11-20(17-23(25)29)27-30-28(37-31-27)21-10-12-24(22(16-21)18-34-3)32-14-6-5-8-19(32)2/h10-13,16-17,19H,4-9,14-15,18H2,1-3H3. The number of anilines is 1. The van der Waals surface area contributed by atoms with E-state index >= 15 is 0 Å². The molecule has 4 rings (SSSR count). The van der Waals surface area contributed by atoms with Crippen LogP contribution in [0, 0.1) is 5.82 Å². The summed E-state index contributed by atoms with van der Waals surface area (Å²) in [7, 11) is 1.68. The quantitative estimate of drug-likeness (QED) is 0.236. The third kappa shape index (κ3) is 6.65. The molecule has 1 atom stereocenters. The van der Waals surface area contributed by atoms with E-state index < -0.39 is 5.82 Å². The second-order valence-corrected chi connectivity index (χ2v) is 9.14. The van der Waals surface area contributed by atoms with E-state index in [9.17, 15) is 9.18 Å². The number of aromatic nitrogens is 2. The molecule has 0 aliphatic carbocycles. The fraction of sp³-hybridized carbons (Fsp3) is 0.464. The first-order chi connectivity index (χ1) is 18.0. The Morgan fingerprint density at radius 3 is 2.78 bits per heavy atom. The van der Waals surface area contributed by atoms with Crippen molar-refractivity contribution in [3.05, 3.63) is 47.8 Å². The molecule has 8 nitrogen and oxygen atoms in total. The Balaban J connectivity index is 1.46. The number of carbonyl (C=O) groups excluding carboxylic acids is 1. The molecule has 198 valence electrons. The average molecular weight is 512 g/mol. The first-order valence-corrected chi connectivity index (χ1v) is 12.8. The lowest BCUT2D eigenvalue weighted by atomic mass is 10.00. The van der Waals surface area contributed by atoms with E-state index in [1.807, 2.05) is 12.1 Å². The highest BCUT2D eigenvalue weighted by atomic mass is 19.1. The Morgan fingerprint density at radius 2 is 2.03 bits per heavy atom. The average Bonchev–Trinajstić information content (AvgIpc) is 3.39. The van der Waals surface area contributed by atoms with Crippen LogP contribution in [0.15, 0.2) is 40.9 Å². The Hall–Kier alpha value is -3.46. The fourth-order valence-electron chi connectivity index (χ4n) is 4.57. The van der Waals surface area contributed by atoms with Crippen LogP contribution in [0.1, 0.15) is 51.5 Å². The van der Waals surface area contributed by atoms with Crippen molar-refractivity contribution in [1.29, 1.82) is 0 Å². The molecule has 0 N–H and O–H groups in total. The molecule has 1 fully saturated rings. The van der Waals surface area contributed by atoms with Gasteiger partial charge in [0.15, 0.2) is 11.6 Å². The maximum Gasteiger partial charge on any atom is 0.305 e. The monoisotopic (exact) mass is 511 g/mol. The Morgan fingerprint density at radius 1 is 1.19 bits per heavy atom. The summed E-state index contributed by atoms with van der Waals surface area (Å²) in [5.41, 5.74) is 3.48. The largest absolute Gasteiger partial charge is 0.491 e. The number of rotatable bonds is 11. The van der Waals surface area contributed by atoms with Crippen LogP contribution in [0.25, 0.3) is 22.8 Å². The number of benzene rings is 2. The van der Waals surface area contributed by atoms with E-state index in [-0.39, 0.29) is 30.6 Å². The molecule has 0 saturated carbocycles. The van der Waals surface area contributed by atoms with Crippen molar-refractivity contribution >= 4 is 11.7 Å². The third-order valence-electron chi connectivity index (χ3n) is 6.44. The van der Waals surface area contributed by atoms with Gasteiger partial charge in [0, 0.05) is 48.5 Å². The van der Waals surface area contributed by atoms with Crippen molar-refractivity contribution < 1.29 is 27.9 Å². The van der Waals surface area contributed by atoms with Gasteiger partial charge in [-0.25, -0.2) is 4.39 Å².